The summed E-state index contributed by atoms with van der Waals surface area (Å²) in [6.07, 6.45) is 0. The summed E-state index contributed by atoms with van der Waals surface area (Å²) in [5.74, 6) is 0. The maximum absolute atomic E-state index is 6.27. The second kappa shape index (κ2) is 11.8. The Labute approximate surface area is 297 Å². The number of furan rings is 1. The van der Waals surface area contributed by atoms with Crippen LogP contribution in [-0.4, -0.2) is 0 Å². The molecule has 0 radical (unpaired) electrons. The fraction of sp³-hybridized carbons (Fsp3) is 0.0204. The smallest absolute Gasteiger partial charge is 0.135 e. The molecule has 0 bridgehead atoms. The number of rotatable bonds is 6. The van der Waals surface area contributed by atoms with Crippen molar-refractivity contribution >= 4 is 39.0 Å². The van der Waals surface area contributed by atoms with E-state index in [1.807, 2.05) is 12.1 Å². The lowest BCUT2D eigenvalue weighted by Crippen LogP contribution is -2.28. The molecule has 0 fully saturated rings. The highest BCUT2D eigenvalue weighted by Gasteiger charge is 2.46. The molecule has 0 amide bonds. The van der Waals surface area contributed by atoms with Crippen molar-refractivity contribution in [2.75, 3.05) is 4.90 Å². The Morgan fingerprint density at radius 2 is 0.882 bits per heavy atom. The minimum absolute atomic E-state index is 0.488. The molecule has 9 aromatic rings. The highest BCUT2D eigenvalue weighted by molar-refractivity contribution is 6.06. The van der Waals surface area contributed by atoms with Gasteiger partial charge in [-0.05, 0) is 93.0 Å². The van der Waals surface area contributed by atoms with Crippen LogP contribution in [0.5, 0.6) is 0 Å². The van der Waals surface area contributed by atoms with Crippen LogP contribution in [0.4, 0.5) is 17.1 Å². The van der Waals surface area contributed by atoms with E-state index < -0.39 is 5.41 Å². The quantitative estimate of drug-likeness (QED) is 0.178. The molecule has 1 heterocycles. The topological polar surface area (TPSA) is 16.4 Å². The van der Waals surface area contributed by atoms with E-state index in [-0.39, 0.29) is 0 Å². The van der Waals surface area contributed by atoms with Crippen molar-refractivity contribution in [3.63, 3.8) is 0 Å². The SMILES string of the molecule is c1ccc(-c2ccc(N(c3ccc4c(c3)C(c3ccccc3)(c3ccccc3)c3ccccc3-4)c3ccc4oc5ccccc5c4c3)cc2)cc1. The van der Waals surface area contributed by atoms with Gasteiger partial charge in [0.05, 0.1) is 5.41 Å². The molecule has 10 rings (SSSR count). The van der Waals surface area contributed by atoms with E-state index in [1.54, 1.807) is 0 Å². The van der Waals surface area contributed by atoms with Gasteiger partial charge in [0, 0.05) is 27.8 Å². The van der Waals surface area contributed by atoms with E-state index in [1.165, 1.54) is 44.5 Å². The van der Waals surface area contributed by atoms with Crippen molar-refractivity contribution in [1.82, 2.24) is 0 Å². The van der Waals surface area contributed by atoms with Crippen LogP contribution in [0, 0.1) is 0 Å². The highest BCUT2D eigenvalue weighted by Crippen LogP contribution is 2.57. The van der Waals surface area contributed by atoms with Crippen LogP contribution in [-0.2, 0) is 5.41 Å². The molecule has 240 valence electrons. The van der Waals surface area contributed by atoms with E-state index in [4.69, 9.17) is 4.42 Å². The molecule has 8 aromatic carbocycles. The molecule has 2 heteroatoms. The van der Waals surface area contributed by atoms with Gasteiger partial charge in [-0.1, -0.05) is 152 Å². The standard InChI is InChI=1S/C49H33NO/c1-4-14-34(15-5-1)35-24-26-38(27-25-35)50(39-29-31-48-44(32-39)43-21-11-13-23-47(43)51-48)40-28-30-42-41-20-10-12-22-45(41)49(46(42)33-40,36-16-6-2-7-17-36)37-18-8-3-9-19-37/h1-33H. The van der Waals surface area contributed by atoms with Crippen molar-refractivity contribution < 1.29 is 4.42 Å². The number of nitrogens with zero attached hydrogens (tertiary/aromatic N) is 1. The Hall–Kier alpha value is -6.64. The van der Waals surface area contributed by atoms with Crippen molar-refractivity contribution in [1.29, 1.82) is 0 Å². The molecule has 1 aliphatic carbocycles. The lowest BCUT2D eigenvalue weighted by molar-refractivity contribution is 0.669. The van der Waals surface area contributed by atoms with Gasteiger partial charge in [-0.15, -0.1) is 0 Å². The maximum atomic E-state index is 6.27. The summed E-state index contributed by atoms with van der Waals surface area (Å²) in [6.45, 7) is 0. The third-order valence-corrected chi connectivity index (χ3v) is 10.6. The van der Waals surface area contributed by atoms with Crippen LogP contribution in [0.3, 0.4) is 0 Å². The molecule has 1 aromatic heterocycles. The Morgan fingerprint density at radius 1 is 0.353 bits per heavy atom. The summed E-state index contributed by atoms with van der Waals surface area (Å²) < 4.78 is 6.27. The predicted molar refractivity (Wildman–Crippen MR) is 211 cm³/mol. The van der Waals surface area contributed by atoms with Gasteiger partial charge in [-0.3, -0.25) is 0 Å². The van der Waals surface area contributed by atoms with Gasteiger partial charge in [0.1, 0.15) is 11.2 Å². The van der Waals surface area contributed by atoms with Gasteiger partial charge >= 0.3 is 0 Å². The van der Waals surface area contributed by atoms with E-state index >= 15 is 0 Å². The predicted octanol–water partition coefficient (Wildman–Crippen LogP) is 13.1. The maximum Gasteiger partial charge on any atom is 0.135 e. The summed E-state index contributed by atoms with van der Waals surface area (Å²) in [6, 6.07) is 72.3. The Kier molecular flexibility index (Phi) is 6.75. The van der Waals surface area contributed by atoms with Gasteiger partial charge in [0.25, 0.3) is 0 Å². The second-order valence-electron chi connectivity index (χ2n) is 13.3. The lowest BCUT2D eigenvalue weighted by Gasteiger charge is -2.35. The van der Waals surface area contributed by atoms with Crippen LogP contribution in [0.1, 0.15) is 22.3 Å². The van der Waals surface area contributed by atoms with E-state index in [0.29, 0.717) is 0 Å². The zero-order valence-corrected chi connectivity index (χ0v) is 27.9. The fourth-order valence-corrected chi connectivity index (χ4v) is 8.31. The fourth-order valence-electron chi connectivity index (χ4n) is 8.31. The van der Waals surface area contributed by atoms with Crippen molar-refractivity contribution in [3.05, 3.63) is 222 Å². The first kappa shape index (κ1) is 29.3. The summed E-state index contributed by atoms with van der Waals surface area (Å²) in [5, 5.41) is 2.22. The van der Waals surface area contributed by atoms with E-state index in [9.17, 15) is 0 Å². The number of anilines is 3. The van der Waals surface area contributed by atoms with Crippen molar-refractivity contribution in [2.45, 2.75) is 5.41 Å². The Morgan fingerprint density at radius 3 is 1.63 bits per heavy atom. The van der Waals surface area contributed by atoms with Crippen LogP contribution in [0.25, 0.3) is 44.2 Å². The number of para-hydroxylation sites is 1. The molecule has 0 unspecified atom stereocenters. The van der Waals surface area contributed by atoms with Gasteiger partial charge in [-0.2, -0.15) is 0 Å². The van der Waals surface area contributed by atoms with Gasteiger partial charge in [0.2, 0.25) is 0 Å². The summed E-state index contributed by atoms with van der Waals surface area (Å²) >= 11 is 0. The van der Waals surface area contributed by atoms with Crippen LogP contribution in [0.15, 0.2) is 205 Å². The normalized spacial score (nSPS) is 12.9. The first-order valence-corrected chi connectivity index (χ1v) is 17.5. The second-order valence-corrected chi connectivity index (χ2v) is 13.3. The van der Waals surface area contributed by atoms with Crippen LogP contribution >= 0.6 is 0 Å². The van der Waals surface area contributed by atoms with Crippen LogP contribution < -0.4 is 4.90 Å². The largest absolute Gasteiger partial charge is 0.456 e. The summed E-state index contributed by atoms with van der Waals surface area (Å²) in [5.41, 5.74) is 14.6. The zero-order valence-electron chi connectivity index (χ0n) is 27.9. The minimum atomic E-state index is -0.488. The third-order valence-electron chi connectivity index (χ3n) is 10.6. The first-order chi connectivity index (χ1) is 25.3. The van der Waals surface area contributed by atoms with Crippen LogP contribution in [0.2, 0.25) is 0 Å². The minimum Gasteiger partial charge on any atom is -0.456 e. The molecule has 0 spiro atoms. The number of hydrogen-bond donors (Lipinski definition) is 0. The monoisotopic (exact) mass is 651 g/mol. The zero-order chi connectivity index (χ0) is 33.8. The van der Waals surface area contributed by atoms with Gasteiger partial charge in [-0.25, -0.2) is 0 Å². The molecule has 0 saturated carbocycles. The Bertz CT molecular complexity index is 2640. The first-order valence-electron chi connectivity index (χ1n) is 17.5. The average Bonchev–Trinajstić information content (AvgIpc) is 3.73. The number of fused-ring (bicyclic) bond motifs is 6. The number of hydrogen-bond acceptors (Lipinski definition) is 2. The molecule has 0 aliphatic heterocycles. The summed E-state index contributed by atoms with van der Waals surface area (Å²) in [4.78, 5) is 2.39. The lowest BCUT2D eigenvalue weighted by atomic mass is 9.67. The molecular formula is C49H33NO. The van der Waals surface area contributed by atoms with Crippen molar-refractivity contribution in [2.24, 2.45) is 0 Å². The molecule has 51 heavy (non-hydrogen) atoms. The average molecular weight is 652 g/mol. The molecule has 0 N–H and O–H groups in total. The summed E-state index contributed by atoms with van der Waals surface area (Å²) in [7, 11) is 0. The molecule has 1 aliphatic rings. The molecule has 0 saturated heterocycles. The third kappa shape index (κ3) is 4.57. The van der Waals surface area contributed by atoms with Gasteiger partial charge < -0.3 is 9.32 Å². The molecular weight excluding hydrogens is 619 g/mol. The number of benzene rings is 8. The van der Waals surface area contributed by atoms with Crippen molar-refractivity contribution in [3.8, 4) is 22.3 Å². The molecule has 0 atom stereocenters. The molecule has 2 nitrogen and oxygen atoms in total. The van der Waals surface area contributed by atoms with E-state index in [0.717, 1.165) is 39.0 Å². The van der Waals surface area contributed by atoms with Gasteiger partial charge in [0.15, 0.2) is 0 Å². The highest BCUT2D eigenvalue weighted by atomic mass is 16.3. The Balaban J connectivity index is 1.23. The van der Waals surface area contributed by atoms with E-state index in [2.05, 4.69) is 193 Å².